The molecule has 2 heterocycles. The number of hydrogen-bond acceptors (Lipinski definition) is 2. The highest BCUT2D eigenvalue weighted by Crippen LogP contribution is 2.35. The number of rotatable bonds is 4. The Morgan fingerprint density at radius 2 is 2.00 bits per heavy atom. The van der Waals surface area contributed by atoms with Gasteiger partial charge in [-0.05, 0) is 43.7 Å². The van der Waals surface area contributed by atoms with Gasteiger partial charge in [0.05, 0.1) is 23.8 Å². The number of benzene rings is 1. The maximum absolute atomic E-state index is 13.0. The first-order valence-electron chi connectivity index (χ1n) is 8.17. The minimum absolute atomic E-state index is 0.0715. The maximum Gasteiger partial charge on any atom is 0.418 e. The van der Waals surface area contributed by atoms with Gasteiger partial charge in [0, 0.05) is 18.9 Å². The maximum atomic E-state index is 13.0. The van der Waals surface area contributed by atoms with Crippen molar-refractivity contribution >= 4 is 11.6 Å². The number of likely N-dealkylation sites (tertiary alicyclic amines) is 1. The van der Waals surface area contributed by atoms with Crippen molar-refractivity contribution in [2.45, 2.75) is 25.1 Å². The van der Waals surface area contributed by atoms with E-state index in [1.54, 1.807) is 0 Å². The molecule has 0 radical (unpaired) electrons. The molecular formula is C18H20F3N3O. The van der Waals surface area contributed by atoms with Crippen LogP contribution in [0.5, 0.6) is 0 Å². The molecule has 4 nitrogen and oxygen atoms in total. The molecule has 1 atom stereocenters. The van der Waals surface area contributed by atoms with E-state index in [0.29, 0.717) is 0 Å². The molecule has 1 aliphatic heterocycles. The summed E-state index contributed by atoms with van der Waals surface area (Å²) in [5.41, 5.74) is 0.0827. The standard InChI is InChI=1S/C18H20F3N3O/c1-23-10-4-8-15(23)16-9-5-11-24(16)12-17(25)22-14-7-3-2-6-13(14)18(19,20)21/h2-4,6-8,10,16H,5,9,11-12H2,1H3,(H,22,25)/t16-/m0/s1. The van der Waals surface area contributed by atoms with Gasteiger partial charge in [-0.1, -0.05) is 12.1 Å². The van der Waals surface area contributed by atoms with Crippen LogP contribution >= 0.6 is 0 Å². The number of halogens is 3. The predicted molar refractivity (Wildman–Crippen MR) is 89.0 cm³/mol. The fraction of sp³-hybridized carbons (Fsp3) is 0.389. The molecular weight excluding hydrogens is 331 g/mol. The van der Waals surface area contributed by atoms with E-state index in [4.69, 9.17) is 0 Å². The largest absolute Gasteiger partial charge is 0.418 e. The molecule has 1 saturated heterocycles. The molecule has 7 heteroatoms. The van der Waals surface area contributed by atoms with E-state index in [1.807, 2.05) is 34.8 Å². The second-order valence-corrected chi connectivity index (χ2v) is 6.26. The second-order valence-electron chi connectivity index (χ2n) is 6.26. The summed E-state index contributed by atoms with van der Waals surface area (Å²) in [6, 6.07) is 9.12. The van der Waals surface area contributed by atoms with E-state index in [0.717, 1.165) is 31.1 Å². The molecule has 134 valence electrons. The molecule has 1 fully saturated rings. The summed E-state index contributed by atoms with van der Waals surface area (Å²) in [5.74, 6) is -0.433. The van der Waals surface area contributed by atoms with Crippen LogP contribution in [0.15, 0.2) is 42.6 Å². The van der Waals surface area contributed by atoms with Crippen LogP contribution in [0.4, 0.5) is 18.9 Å². The molecule has 0 bridgehead atoms. The number of hydrogen-bond donors (Lipinski definition) is 1. The molecule has 0 spiro atoms. The Morgan fingerprint density at radius 3 is 2.68 bits per heavy atom. The summed E-state index contributed by atoms with van der Waals surface area (Å²) in [6.45, 7) is 0.826. The van der Waals surface area contributed by atoms with Crippen molar-refractivity contribution in [3.63, 3.8) is 0 Å². The van der Waals surface area contributed by atoms with Crippen molar-refractivity contribution in [3.8, 4) is 0 Å². The van der Waals surface area contributed by atoms with E-state index in [2.05, 4.69) is 5.32 Å². The molecule has 1 amide bonds. The molecule has 0 unspecified atom stereocenters. The highest BCUT2D eigenvalue weighted by molar-refractivity contribution is 5.93. The van der Waals surface area contributed by atoms with Crippen LogP contribution in [0.1, 0.15) is 30.1 Å². The molecule has 1 aliphatic rings. The van der Waals surface area contributed by atoms with Crippen molar-refractivity contribution < 1.29 is 18.0 Å². The van der Waals surface area contributed by atoms with Gasteiger partial charge in [-0.2, -0.15) is 13.2 Å². The fourth-order valence-electron chi connectivity index (χ4n) is 3.38. The molecule has 2 aromatic rings. The lowest BCUT2D eigenvalue weighted by Gasteiger charge is -2.24. The number of aryl methyl sites for hydroxylation is 1. The first-order valence-corrected chi connectivity index (χ1v) is 8.17. The van der Waals surface area contributed by atoms with Gasteiger partial charge in [-0.15, -0.1) is 0 Å². The van der Waals surface area contributed by atoms with Crippen LogP contribution in [0.2, 0.25) is 0 Å². The van der Waals surface area contributed by atoms with E-state index < -0.39 is 17.6 Å². The molecule has 25 heavy (non-hydrogen) atoms. The van der Waals surface area contributed by atoms with Crippen LogP contribution in [0.25, 0.3) is 0 Å². The number of anilines is 1. The zero-order valence-electron chi connectivity index (χ0n) is 13.9. The van der Waals surface area contributed by atoms with Gasteiger partial charge in [0.25, 0.3) is 0 Å². The van der Waals surface area contributed by atoms with Crippen molar-refractivity contribution in [2.24, 2.45) is 7.05 Å². The van der Waals surface area contributed by atoms with Crippen LogP contribution in [0.3, 0.4) is 0 Å². The zero-order valence-corrected chi connectivity index (χ0v) is 13.9. The first kappa shape index (κ1) is 17.5. The second kappa shape index (κ2) is 6.92. The Morgan fingerprint density at radius 1 is 1.24 bits per heavy atom. The van der Waals surface area contributed by atoms with Gasteiger partial charge in [0.15, 0.2) is 0 Å². The normalized spacial score (nSPS) is 18.5. The molecule has 0 saturated carbocycles. The molecule has 0 aliphatic carbocycles. The average Bonchev–Trinajstić information content (AvgIpc) is 3.15. The van der Waals surface area contributed by atoms with Gasteiger partial charge < -0.3 is 9.88 Å². The number of aromatic nitrogens is 1. The average molecular weight is 351 g/mol. The Labute approximate surface area is 144 Å². The molecule has 3 rings (SSSR count). The first-order chi connectivity index (χ1) is 11.9. The van der Waals surface area contributed by atoms with Gasteiger partial charge in [-0.3, -0.25) is 9.69 Å². The summed E-state index contributed by atoms with van der Waals surface area (Å²) in [6.07, 6.45) is -0.652. The van der Waals surface area contributed by atoms with Crippen molar-refractivity contribution in [2.75, 3.05) is 18.4 Å². The number of para-hydroxylation sites is 1. The lowest BCUT2D eigenvalue weighted by Crippen LogP contribution is -2.33. The van der Waals surface area contributed by atoms with E-state index >= 15 is 0 Å². The topological polar surface area (TPSA) is 37.3 Å². The predicted octanol–water partition coefficient (Wildman–Crippen LogP) is 3.82. The minimum Gasteiger partial charge on any atom is -0.353 e. The van der Waals surface area contributed by atoms with Gasteiger partial charge in [0.1, 0.15) is 0 Å². The highest BCUT2D eigenvalue weighted by Gasteiger charge is 2.34. The third-order valence-electron chi connectivity index (χ3n) is 4.54. The van der Waals surface area contributed by atoms with Crippen molar-refractivity contribution in [1.82, 2.24) is 9.47 Å². The monoisotopic (exact) mass is 351 g/mol. The van der Waals surface area contributed by atoms with Crippen molar-refractivity contribution in [3.05, 3.63) is 53.9 Å². The number of alkyl halides is 3. The van der Waals surface area contributed by atoms with E-state index in [-0.39, 0.29) is 18.3 Å². The van der Waals surface area contributed by atoms with Crippen LogP contribution in [0, 0.1) is 0 Å². The molecule has 1 N–H and O–H groups in total. The number of nitrogens with one attached hydrogen (secondary N) is 1. The van der Waals surface area contributed by atoms with Gasteiger partial charge in [-0.25, -0.2) is 0 Å². The van der Waals surface area contributed by atoms with Crippen LogP contribution in [-0.2, 0) is 18.0 Å². The fourth-order valence-corrected chi connectivity index (χ4v) is 3.38. The smallest absolute Gasteiger partial charge is 0.353 e. The summed E-state index contributed by atoms with van der Waals surface area (Å²) >= 11 is 0. The SMILES string of the molecule is Cn1cccc1[C@@H]1CCCN1CC(=O)Nc1ccccc1C(F)(F)F. The summed E-state index contributed by atoms with van der Waals surface area (Å²) in [4.78, 5) is 14.3. The van der Waals surface area contributed by atoms with Gasteiger partial charge >= 0.3 is 6.18 Å². The highest BCUT2D eigenvalue weighted by atomic mass is 19.4. The van der Waals surface area contributed by atoms with Crippen LogP contribution in [-0.4, -0.2) is 28.5 Å². The number of amides is 1. The Hall–Kier alpha value is -2.28. The number of carbonyl (C=O) groups excluding carboxylic acids is 1. The quantitative estimate of drug-likeness (QED) is 0.909. The Kier molecular flexibility index (Phi) is 4.85. The lowest BCUT2D eigenvalue weighted by molar-refractivity contribution is -0.137. The number of nitrogens with zero attached hydrogens (tertiary/aromatic N) is 2. The summed E-state index contributed by atoms with van der Waals surface area (Å²) in [5, 5.41) is 2.42. The lowest BCUT2D eigenvalue weighted by atomic mass is 10.1. The zero-order chi connectivity index (χ0) is 18.0. The Balaban J connectivity index is 1.70. The van der Waals surface area contributed by atoms with Crippen molar-refractivity contribution in [1.29, 1.82) is 0 Å². The third kappa shape index (κ3) is 3.87. The summed E-state index contributed by atoms with van der Waals surface area (Å²) in [7, 11) is 1.95. The van der Waals surface area contributed by atoms with E-state index in [1.165, 1.54) is 18.2 Å². The third-order valence-corrected chi connectivity index (χ3v) is 4.54. The Bertz CT molecular complexity index is 754. The number of carbonyl (C=O) groups is 1. The van der Waals surface area contributed by atoms with Crippen LogP contribution < -0.4 is 5.32 Å². The molecule has 1 aromatic heterocycles. The van der Waals surface area contributed by atoms with Gasteiger partial charge in [0.2, 0.25) is 5.91 Å². The minimum atomic E-state index is -4.50. The molecule has 1 aromatic carbocycles. The summed E-state index contributed by atoms with van der Waals surface area (Å²) < 4.78 is 41.1. The van der Waals surface area contributed by atoms with E-state index in [9.17, 15) is 18.0 Å².